The van der Waals surface area contributed by atoms with Crippen molar-refractivity contribution in [2.75, 3.05) is 23.7 Å². The van der Waals surface area contributed by atoms with Gasteiger partial charge in [0, 0.05) is 24.5 Å². The van der Waals surface area contributed by atoms with Crippen LogP contribution in [0.5, 0.6) is 0 Å². The molecule has 0 spiro atoms. The number of anilines is 2. The summed E-state index contributed by atoms with van der Waals surface area (Å²) in [5, 5.41) is 0. The second-order valence-electron chi connectivity index (χ2n) is 3.88. The van der Waals surface area contributed by atoms with E-state index in [1.165, 1.54) is 24.9 Å². The van der Waals surface area contributed by atoms with Gasteiger partial charge in [0.05, 0.1) is 0 Å². The van der Waals surface area contributed by atoms with Crippen molar-refractivity contribution in [3.63, 3.8) is 0 Å². The summed E-state index contributed by atoms with van der Waals surface area (Å²) in [4.78, 5) is 2.40. The number of unbranched alkanes of at least 4 members (excludes halogenated alkanes) is 2. The Kier molecular flexibility index (Phi) is 5.02. The van der Waals surface area contributed by atoms with Crippen LogP contribution in [0.2, 0.25) is 0 Å². The van der Waals surface area contributed by atoms with Gasteiger partial charge in [-0.05, 0) is 37.6 Å². The topological polar surface area (TPSA) is 29.3 Å². The summed E-state index contributed by atoms with van der Waals surface area (Å²) in [6.07, 6.45) is 3.86. The maximum absolute atomic E-state index is 5.67. The van der Waals surface area contributed by atoms with Gasteiger partial charge in [0.25, 0.3) is 0 Å². The molecule has 0 amide bonds. The monoisotopic (exact) mass is 206 g/mol. The van der Waals surface area contributed by atoms with Crippen LogP contribution in [0.25, 0.3) is 0 Å². The first-order valence-electron chi connectivity index (χ1n) is 5.88. The van der Waals surface area contributed by atoms with Crippen LogP contribution in [0.4, 0.5) is 11.4 Å². The summed E-state index contributed by atoms with van der Waals surface area (Å²) in [6.45, 7) is 6.64. The van der Waals surface area contributed by atoms with E-state index in [1.54, 1.807) is 0 Å². The molecule has 1 rings (SSSR count). The fourth-order valence-corrected chi connectivity index (χ4v) is 1.71. The molecule has 1 aromatic carbocycles. The molecule has 0 unspecified atom stereocenters. The minimum absolute atomic E-state index is 0.836. The first kappa shape index (κ1) is 11.9. The molecule has 2 nitrogen and oxygen atoms in total. The van der Waals surface area contributed by atoms with Crippen LogP contribution in [0.1, 0.15) is 33.1 Å². The molecule has 2 N–H and O–H groups in total. The van der Waals surface area contributed by atoms with Gasteiger partial charge in [0.2, 0.25) is 0 Å². The number of nitrogen functional groups attached to an aromatic ring is 1. The average molecular weight is 206 g/mol. The van der Waals surface area contributed by atoms with Gasteiger partial charge in [-0.25, -0.2) is 0 Å². The number of hydrogen-bond donors (Lipinski definition) is 1. The van der Waals surface area contributed by atoms with Gasteiger partial charge in [-0.3, -0.25) is 0 Å². The molecule has 0 fully saturated rings. The van der Waals surface area contributed by atoms with Crippen molar-refractivity contribution in [1.82, 2.24) is 0 Å². The Morgan fingerprint density at radius 2 is 1.73 bits per heavy atom. The summed E-state index contributed by atoms with van der Waals surface area (Å²) in [5.74, 6) is 0. The van der Waals surface area contributed by atoms with E-state index in [1.807, 2.05) is 12.1 Å². The fourth-order valence-electron chi connectivity index (χ4n) is 1.71. The molecule has 0 radical (unpaired) electrons. The predicted molar refractivity (Wildman–Crippen MR) is 68.3 cm³/mol. The Balaban J connectivity index is 2.53. The van der Waals surface area contributed by atoms with Crippen molar-refractivity contribution in [1.29, 1.82) is 0 Å². The predicted octanol–water partition coefficient (Wildman–Crippen LogP) is 3.29. The summed E-state index contributed by atoms with van der Waals surface area (Å²) in [5.41, 5.74) is 7.79. The Morgan fingerprint density at radius 1 is 1.07 bits per heavy atom. The average Bonchev–Trinajstić information content (AvgIpc) is 2.26. The maximum Gasteiger partial charge on any atom is 0.0367 e. The van der Waals surface area contributed by atoms with Crippen molar-refractivity contribution in [3.05, 3.63) is 24.3 Å². The van der Waals surface area contributed by atoms with E-state index in [4.69, 9.17) is 5.73 Å². The number of rotatable bonds is 6. The van der Waals surface area contributed by atoms with Crippen molar-refractivity contribution in [2.24, 2.45) is 0 Å². The maximum atomic E-state index is 5.67. The summed E-state index contributed by atoms with van der Waals surface area (Å²) in [6, 6.07) is 8.14. The summed E-state index contributed by atoms with van der Waals surface area (Å²) >= 11 is 0. The third-order valence-corrected chi connectivity index (χ3v) is 2.67. The smallest absolute Gasteiger partial charge is 0.0367 e. The van der Waals surface area contributed by atoms with E-state index in [9.17, 15) is 0 Å². The quantitative estimate of drug-likeness (QED) is 0.571. The van der Waals surface area contributed by atoms with E-state index >= 15 is 0 Å². The third-order valence-electron chi connectivity index (χ3n) is 2.67. The van der Waals surface area contributed by atoms with Gasteiger partial charge >= 0.3 is 0 Å². The molecule has 0 bridgehead atoms. The van der Waals surface area contributed by atoms with Crippen molar-refractivity contribution in [2.45, 2.75) is 33.1 Å². The van der Waals surface area contributed by atoms with Crippen molar-refractivity contribution >= 4 is 11.4 Å². The lowest BCUT2D eigenvalue weighted by Crippen LogP contribution is -2.23. The molecule has 0 aliphatic heterocycles. The molecular formula is C13H22N2. The van der Waals surface area contributed by atoms with E-state index in [-0.39, 0.29) is 0 Å². The lowest BCUT2D eigenvalue weighted by molar-refractivity contribution is 0.685. The molecule has 0 atom stereocenters. The highest BCUT2D eigenvalue weighted by molar-refractivity contribution is 5.52. The van der Waals surface area contributed by atoms with Crippen LogP contribution >= 0.6 is 0 Å². The normalized spacial score (nSPS) is 10.3. The van der Waals surface area contributed by atoms with Gasteiger partial charge in [-0.2, -0.15) is 0 Å². The molecule has 0 aliphatic carbocycles. The molecule has 0 aromatic heterocycles. The van der Waals surface area contributed by atoms with E-state index in [0.29, 0.717) is 0 Å². The zero-order valence-corrected chi connectivity index (χ0v) is 9.87. The van der Waals surface area contributed by atoms with Crippen LogP contribution in [0, 0.1) is 0 Å². The van der Waals surface area contributed by atoms with Gasteiger partial charge in [0.15, 0.2) is 0 Å². The molecular weight excluding hydrogens is 184 g/mol. The molecule has 1 aromatic rings. The van der Waals surface area contributed by atoms with Crippen LogP contribution in [0.15, 0.2) is 24.3 Å². The first-order chi connectivity index (χ1) is 7.27. The Hall–Kier alpha value is -1.18. The molecule has 0 saturated heterocycles. The van der Waals surface area contributed by atoms with Gasteiger partial charge in [0.1, 0.15) is 0 Å². The van der Waals surface area contributed by atoms with E-state index in [0.717, 1.165) is 18.8 Å². The molecule has 0 heterocycles. The van der Waals surface area contributed by atoms with Gasteiger partial charge in [-0.1, -0.05) is 19.8 Å². The van der Waals surface area contributed by atoms with Crippen LogP contribution < -0.4 is 10.6 Å². The van der Waals surface area contributed by atoms with Crippen LogP contribution in [-0.2, 0) is 0 Å². The van der Waals surface area contributed by atoms with E-state index < -0.39 is 0 Å². The second kappa shape index (κ2) is 6.33. The number of nitrogens with zero attached hydrogens (tertiary/aromatic N) is 1. The zero-order chi connectivity index (χ0) is 11.1. The number of hydrogen-bond acceptors (Lipinski definition) is 2. The minimum atomic E-state index is 0.836. The Morgan fingerprint density at radius 3 is 2.27 bits per heavy atom. The van der Waals surface area contributed by atoms with Crippen LogP contribution in [-0.4, -0.2) is 13.1 Å². The standard InChI is InChI=1S/C13H22N2/c1-3-5-6-11-15(4-2)13-9-7-12(14)8-10-13/h7-10H,3-6,11,14H2,1-2H3. The molecule has 2 heteroatoms. The molecule has 84 valence electrons. The Bertz CT molecular complexity index is 266. The van der Waals surface area contributed by atoms with Crippen LogP contribution in [0.3, 0.4) is 0 Å². The SMILES string of the molecule is CCCCCN(CC)c1ccc(N)cc1. The lowest BCUT2D eigenvalue weighted by atomic mass is 10.2. The van der Waals surface area contributed by atoms with E-state index in [2.05, 4.69) is 30.9 Å². The highest BCUT2D eigenvalue weighted by atomic mass is 15.1. The third kappa shape index (κ3) is 3.82. The second-order valence-corrected chi connectivity index (χ2v) is 3.88. The van der Waals surface area contributed by atoms with Gasteiger partial charge < -0.3 is 10.6 Å². The molecule has 0 aliphatic rings. The number of nitrogens with two attached hydrogens (primary N) is 1. The summed E-state index contributed by atoms with van der Waals surface area (Å²) < 4.78 is 0. The number of benzene rings is 1. The Labute approximate surface area is 93.1 Å². The van der Waals surface area contributed by atoms with Crippen molar-refractivity contribution in [3.8, 4) is 0 Å². The van der Waals surface area contributed by atoms with Crippen molar-refractivity contribution < 1.29 is 0 Å². The highest BCUT2D eigenvalue weighted by Gasteiger charge is 2.02. The zero-order valence-electron chi connectivity index (χ0n) is 9.87. The first-order valence-corrected chi connectivity index (χ1v) is 5.88. The molecule has 15 heavy (non-hydrogen) atoms. The largest absolute Gasteiger partial charge is 0.399 e. The highest BCUT2D eigenvalue weighted by Crippen LogP contribution is 2.16. The fraction of sp³-hybridized carbons (Fsp3) is 0.538. The molecule has 0 saturated carbocycles. The minimum Gasteiger partial charge on any atom is -0.399 e. The lowest BCUT2D eigenvalue weighted by Gasteiger charge is -2.23. The van der Waals surface area contributed by atoms with Gasteiger partial charge in [-0.15, -0.1) is 0 Å². The summed E-state index contributed by atoms with van der Waals surface area (Å²) in [7, 11) is 0.